The summed E-state index contributed by atoms with van der Waals surface area (Å²) in [5, 5.41) is 0. The van der Waals surface area contributed by atoms with Crippen molar-refractivity contribution in [1.82, 2.24) is 0 Å². The van der Waals surface area contributed by atoms with Crippen molar-refractivity contribution in [3.8, 4) is 11.5 Å². The zero-order valence-electron chi connectivity index (χ0n) is 10.7. The van der Waals surface area contributed by atoms with E-state index in [1.807, 2.05) is 24.3 Å². The molecule has 1 fully saturated rings. The number of benzene rings is 2. The highest BCUT2D eigenvalue weighted by Crippen LogP contribution is 2.34. The van der Waals surface area contributed by atoms with Gasteiger partial charge in [0.25, 0.3) is 0 Å². The largest absolute Gasteiger partial charge is 0.452 e. The average molecular weight is 257 g/mol. The Morgan fingerprint density at radius 1 is 0.842 bits per heavy atom. The van der Waals surface area contributed by atoms with E-state index in [2.05, 4.69) is 4.90 Å². The number of hydrogen-bond acceptors (Lipinski definition) is 2. The summed E-state index contributed by atoms with van der Waals surface area (Å²) in [4.78, 5) is 2.29. The average Bonchev–Trinajstić information content (AvgIpc) is 2.96. The lowest BCUT2D eigenvalue weighted by molar-refractivity contribution is 0.442. The molecule has 0 amide bonds. The molecule has 2 nitrogen and oxygen atoms in total. The van der Waals surface area contributed by atoms with Gasteiger partial charge in [-0.3, -0.25) is 0 Å². The summed E-state index contributed by atoms with van der Waals surface area (Å²) in [6, 6.07) is 14.3. The van der Waals surface area contributed by atoms with E-state index in [0.29, 0.717) is 0 Å². The Labute approximate surface area is 112 Å². The summed E-state index contributed by atoms with van der Waals surface area (Å²) in [7, 11) is 0. The number of ether oxygens (including phenoxy) is 1. The van der Waals surface area contributed by atoms with Crippen molar-refractivity contribution in [2.75, 3.05) is 18.0 Å². The Morgan fingerprint density at radius 2 is 1.47 bits per heavy atom. The monoisotopic (exact) mass is 257 g/mol. The zero-order valence-corrected chi connectivity index (χ0v) is 10.7. The van der Waals surface area contributed by atoms with E-state index < -0.39 is 0 Å². The first kappa shape index (κ1) is 12.0. The number of anilines is 1. The normalized spacial score (nSPS) is 14.7. The molecule has 0 aliphatic carbocycles. The maximum Gasteiger partial charge on any atom is 0.165 e. The van der Waals surface area contributed by atoms with Gasteiger partial charge in [-0.1, -0.05) is 24.3 Å². The molecule has 0 radical (unpaired) electrons. The molecule has 98 valence electrons. The fourth-order valence-electron chi connectivity index (χ4n) is 2.41. The second kappa shape index (κ2) is 5.31. The van der Waals surface area contributed by atoms with Crippen molar-refractivity contribution in [1.29, 1.82) is 0 Å². The van der Waals surface area contributed by atoms with Crippen LogP contribution in [0.3, 0.4) is 0 Å². The summed E-state index contributed by atoms with van der Waals surface area (Å²) >= 11 is 0. The Bertz CT molecular complexity index is 564. The van der Waals surface area contributed by atoms with Gasteiger partial charge >= 0.3 is 0 Å². The number of para-hydroxylation sites is 3. The van der Waals surface area contributed by atoms with Gasteiger partial charge in [-0.2, -0.15) is 0 Å². The molecule has 0 atom stereocenters. The van der Waals surface area contributed by atoms with Gasteiger partial charge in [-0.25, -0.2) is 4.39 Å². The molecular formula is C16H16FNO. The number of halogens is 1. The van der Waals surface area contributed by atoms with Gasteiger partial charge in [0.1, 0.15) is 0 Å². The summed E-state index contributed by atoms with van der Waals surface area (Å²) in [5.74, 6) is 0.655. The Morgan fingerprint density at radius 3 is 2.21 bits per heavy atom. The Balaban J connectivity index is 1.90. The lowest BCUT2D eigenvalue weighted by Gasteiger charge is -2.21. The van der Waals surface area contributed by atoms with Gasteiger partial charge in [0, 0.05) is 13.1 Å². The second-order valence-electron chi connectivity index (χ2n) is 4.69. The molecule has 1 saturated heterocycles. The van der Waals surface area contributed by atoms with Gasteiger partial charge in [0.2, 0.25) is 0 Å². The van der Waals surface area contributed by atoms with Gasteiger partial charge < -0.3 is 9.64 Å². The Hall–Kier alpha value is -2.03. The van der Waals surface area contributed by atoms with Crippen molar-refractivity contribution in [2.45, 2.75) is 12.8 Å². The molecule has 2 aromatic carbocycles. The minimum Gasteiger partial charge on any atom is -0.452 e. The van der Waals surface area contributed by atoms with E-state index >= 15 is 0 Å². The molecule has 2 aromatic rings. The van der Waals surface area contributed by atoms with Crippen LogP contribution in [-0.4, -0.2) is 13.1 Å². The highest BCUT2D eigenvalue weighted by Gasteiger charge is 2.17. The molecule has 0 unspecified atom stereocenters. The van der Waals surface area contributed by atoms with E-state index in [1.165, 1.54) is 18.9 Å². The SMILES string of the molecule is Fc1ccccc1Oc1ccccc1N1CCCC1. The van der Waals surface area contributed by atoms with Gasteiger partial charge in [0.15, 0.2) is 17.3 Å². The first-order chi connectivity index (χ1) is 9.34. The summed E-state index contributed by atoms with van der Waals surface area (Å²) in [6.07, 6.45) is 2.40. The Kier molecular flexibility index (Phi) is 3.36. The second-order valence-corrected chi connectivity index (χ2v) is 4.69. The fourth-order valence-corrected chi connectivity index (χ4v) is 2.41. The molecular weight excluding hydrogens is 241 g/mol. The number of hydrogen-bond donors (Lipinski definition) is 0. The molecule has 1 aliphatic rings. The van der Waals surface area contributed by atoms with Gasteiger partial charge in [-0.05, 0) is 37.1 Å². The van der Waals surface area contributed by atoms with Crippen LogP contribution in [0.15, 0.2) is 48.5 Å². The third kappa shape index (κ3) is 2.55. The lowest BCUT2D eigenvalue weighted by Crippen LogP contribution is -2.18. The lowest BCUT2D eigenvalue weighted by atomic mass is 10.2. The summed E-state index contributed by atoms with van der Waals surface area (Å²) < 4.78 is 19.4. The van der Waals surface area contributed by atoms with Crippen molar-refractivity contribution in [2.24, 2.45) is 0 Å². The van der Waals surface area contributed by atoms with Crippen LogP contribution in [0.2, 0.25) is 0 Å². The smallest absolute Gasteiger partial charge is 0.165 e. The van der Waals surface area contributed by atoms with Crippen LogP contribution in [0.1, 0.15) is 12.8 Å². The van der Waals surface area contributed by atoms with Crippen molar-refractivity contribution in [3.63, 3.8) is 0 Å². The molecule has 0 bridgehead atoms. The molecule has 19 heavy (non-hydrogen) atoms. The molecule has 0 spiro atoms. The standard InChI is InChI=1S/C16H16FNO/c17-13-7-1-3-9-15(13)19-16-10-4-2-8-14(16)18-11-5-6-12-18/h1-4,7-10H,5-6,11-12H2. The highest BCUT2D eigenvalue weighted by molar-refractivity contribution is 5.60. The predicted octanol–water partition coefficient (Wildman–Crippen LogP) is 4.22. The minimum atomic E-state index is -0.335. The summed E-state index contributed by atoms with van der Waals surface area (Å²) in [5.41, 5.74) is 1.04. The summed E-state index contributed by atoms with van der Waals surface area (Å²) in [6.45, 7) is 2.08. The van der Waals surface area contributed by atoms with E-state index in [-0.39, 0.29) is 11.6 Å². The number of rotatable bonds is 3. The molecule has 0 aromatic heterocycles. The maximum absolute atomic E-state index is 13.6. The molecule has 1 aliphatic heterocycles. The quantitative estimate of drug-likeness (QED) is 0.816. The molecule has 1 heterocycles. The first-order valence-electron chi connectivity index (χ1n) is 6.61. The topological polar surface area (TPSA) is 12.5 Å². The van der Waals surface area contributed by atoms with Crippen molar-refractivity contribution >= 4 is 5.69 Å². The van der Waals surface area contributed by atoms with E-state index in [1.54, 1.807) is 18.2 Å². The molecule has 0 N–H and O–H groups in total. The van der Waals surface area contributed by atoms with Crippen LogP contribution in [0.25, 0.3) is 0 Å². The van der Waals surface area contributed by atoms with Crippen LogP contribution in [0.4, 0.5) is 10.1 Å². The fraction of sp³-hybridized carbons (Fsp3) is 0.250. The highest BCUT2D eigenvalue weighted by atomic mass is 19.1. The van der Waals surface area contributed by atoms with Crippen molar-refractivity contribution < 1.29 is 9.13 Å². The van der Waals surface area contributed by atoms with E-state index in [0.717, 1.165) is 24.5 Å². The first-order valence-corrected chi connectivity index (χ1v) is 6.61. The minimum absolute atomic E-state index is 0.272. The van der Waals surface area contributed by atoms with Crippen molar-refractivity contribution in [3.05, 3.63) is 54.3 Å². The number of nitrogens with zero attached hydrogens (tertiary/aromatic N) is 1. The van der Waals surface area contributed by atoms with E-state index in [9.17, 15) is 4.39 Å². The van der Waals surface area contributed by atoms with Crippen LogP contribution in [0.5, 0.6) is 11.5 Å². The van der Waals surface area contributed by atoms with Crippen LogP contribution < -0.4 is 9.64 Å². The third-order valence-electron chi connectivity index (χ3n) is 3.37. The van der Waals surface area contributed by atoms with E-state index in [4.69, 9.17) is 4.74 Å². The zero-order chi connectivity index (χ0) is 13.1. The van der Waals surface area contributed by atoms with Gasteiger partial charge in [-0.15, -0.1) is 0 Å². The molecule has 3 rings (SSSR count). The van der Waals surface area contributed by atoms with Crippen LogP contribution in [0, 0.1) is 5.82 Å². The maximum atomic E-state index is 13.6. The predicted molar refractivity (Wildman–Crippen MR) is 74.4 cm³/mol. The van der Waals surface area contributed by atoms with Crippen LogP contribution in [-0.2, 0) is 0 Å². The van der Waals surface area contributed by atoms with Gasteiger partial charge in [0.05, 0.1) is 5.69 Å². The van der Waals surface area contributed by atoms with Crippen LogP contribution >= 0.6 is 0 Å². The third-order valence-corrected chi connectivity index (χ3v) is 3.37. The molecule has 0 saturated carbocycles. The molecule has 3 heteroatoms.